The first-order chi connectivity index (χ1) is 12.3. The topological polar surface area (TPSA) is 65.5 Å². The van der Waals surface area contributed by atoms with Gasteiger partial charge >= 0.3 is 10.1 Å². The summed E-state index contributed by atoms with van der Waals surface area (Å²) in [6.45, 7) is 1.14. The summed E-state index contributed by atoms with van der Waals surface area (Å²) in [5.74, 6) is -2.38. The highest BCUT2D eigenvalue weighted by Gasteiger charge is 2.17. The second-order valence-corrected chi connectivity index (χ2v) is 8.01. The van der Waals surface area contributed by atoms with E-state index in [0.29, 0.717) is 10.8 Å². The molecule has 0 bridgehead atoms. The van der Waals surface area contributed by atoms with Gasteiger partial charge in [-0.3, -0.25) is 0 Å². The standard InChI is InChI=1S/C16H12F3NO4S2/c1-2-26(21,22)24-16-20-13-6-11(18)7-14(15(13)25-16)23-8-9-3-4-10(17)5-12(9)19/h3-7H,2,8H2,1H3. The molecule has 1 aromatic heterocycles. The molecule has 0 unspecified atom stereocenters. The number of hydrogen-bond acceptors (Lipinski definition) is 6. The van der Waals surface area contributed by atoms with E-state index in [0.717, 1.165) is 29.5 Å². The van der Waals surface area contributed by atoms with Gasteiger partial charge in [-0.05, 0) is 19.1 Å². The van der Waals surface area contributed by atoms with E-state index in [1.807, 2.05) is 0 Å². The van der Waals surface area contributed by atoms with E-state index >= 15 is 0 Å². The highest BCUT2D eigenvalue weighted by atomic mass is 32.2. The van der Waals surface area contributed by atoms with Gasteiger partial charge in [0.05, 0.1) is 11.3 Å². The first-order valence-electron chi connectivity index (χ1n) is 7.36. The molecule has 0 aliphatic carbocycles. The average Bonchev–Trinajstić information content (AvgIpc) is 2.95. The van der Waals surface area contributed by atoms with E-state index in [4.69, 9.17) is 8.92 Å². The van der Waals surface area contributed by atoms with Gasteiger partial charge in [0.15, 0.2) is 0 Å². The molecule has 26 heavy (non-hydrogen) atoms. The lowest BCUT2D eigenvalue weighted by Crippen LogP contribution is -2.10. The quantitative estimate of drug-likeness (QED) is 0.582. The fraction of sp³-hybridized carbons (Fsp3) is 0.188. The van der Waals surface area contributed by atoms with Gasteiger partial charge in [-0.2, -0.15) is 8.42 Å². The second-order valence-electron chi connectivity index (χ2n) is 5.19. The maximum atomic E-state index is 13.8. The molecule has 0 aliphatic rings. The lowest BCUT2D eigenvalue weighted by molar-refractivity contribution is 0.302. The van der Waals surface area contributed by atoms with Crippen LogP contribution in [0.1, 0.15) is 12.5 Å². The van der Waals surface area contributed by atoms with Gasteiger partial charge in [-0.25, -0.2) is 18.2 Å². The Labute approximate surface area is 151 Å². The van der Waals surface area contributed by atoms with Crippen LogP contribution in [0.4, 0.5) is 13.2 Å². The number of fused-ring (bicyclic) bond motifs is 1. The summed E-state index contributed by atoms with van der Waals surface area (Å²) in [6, 6.07) is 5.18. The first kappa shape index (κ1) is 18.5. The third kappa shape index (κ3) is 4.07. The molecule has 0 N–H and O–H groups in total. The van der Waals surface area contributed by atoms with Crippen LogP contribution in [-0.4, -0.2) is 19.2 Å². The Balaban J connectivity index is 1.91. The van der Waals surface area contributed by atoms with Crippen molar-refractivity contribution in [2.75, 3.05) is 5.75 Å². The zero-order chi connectivity index (χ0) is 18.9. The molecule has 3 aromatic rings. The maximum Gasteiger partial charge on any atom is 0.311 e. The van der Waals surface area contributed by atoms with Crippen molar-refractivity contribution in [3.8, 4) is 10.9 Å². The summed E-state index contributed by atoms with van der Waals surface area (Å²) in [6.07, 6.45) is 0. The number of nitrogens with zero attached hydrogens (tertiary/aromatic N) is 1. The molecule has 0 saturated heterocycles. The van der Waals surface area contributed by atoms with Gasteiger partial charge in [-0.15, -0.1) is 0 Å². The Bertz CT molecular complexity index is 1070. The summed E-state index contributed by atoms with van der Waals surface area (Å²) >= 11 is 0.859. The minimum absolute atomic E-state index is 0.0463. The van der Waals surface area contributed by atoms with Crippen LogP contribution in [0.3, 0.4) is 0 Å². The van der Waals surface area contributed by atoms with Crippen LogP contribution < -0.4 is 8.92 Å². The largest absolute Gasteiger partial charge is 0.487 e. The minimum atomic E-state index is -3.78. The number of rotatable bonds is 6. The van der Waals surface area contributed by atoms with Gasteiger partial charge in [0.2, 0.25) is 0 Å². The van der Waals surface area contributed by atoms with Crippen LogP contribution in [0.2, 0.25) is 0 Å². The fourth-order valence-electron chi connectivity index (χ4n) is 2.05. The number of hydrogen-bond donors (Lipinski definition) is 0. The Morgan fingerprint density at radius 3 is 2.58 bits per heavy atom. The van der Waals surface area contributed by atoms with Crippen LogP contribution in [0, 0.1) is 17.5 Å². The van der Waals surface area contributed by atoms with Gasteiger partial charge in [-0.1, -0.05) is 11.3 Å². The lowest BCUT2D eigenvalue weighted by atomic mass is 10.2. The number of benzene rings is 2. The predicted molar refractivity (Wildman–Crippen MR) is 90.4 cm³/mol. The summed E-state index contributed by atoms with van der Waals surface area (Å²) < 4.78 is 74.1. The Kier molecular flexibility index (Phi) is 5.05. The van der Waals surface area contributed by atoms with Crippen molar-refractivity contribution in [2.24, 2.45) is 0 Å². The highest BCUT2D eigenvalue weighted by Crippen LogP contribution is 2.36. The zero-order valence-corrected chi connectivity index (χ0v) is 15.0. The molecule has 0 aliphatic heterocycles. The average molecular weight is 403 g/mol. The molecule has 0 saturated carbocycles. The zero-order valence-electron chi connectivity index (χ0n) is 13.3. The molecule has 10 heteroatoms. The van der Waals surface area contributed by atoms with Gasteiger partial charge in [0.25, 0.3) is 5.19 Å². The highest BCUT2D eigenvalue weighted by molar-refractivity contribution is 7.87. The Morgan fingerprint density at radius 1 is 1.12 bits per heavy atom. The van der Waals surface area contributed by atoms with E-state index in [2.05, 4.69) is 4.98 Å². The summed E-state index contributed by atoms with van der Waals surface area (Å²) in [5.41, 5.74) is 0.226. The van der Waals surface area contributed by atoms with Crippen molar-refractivity contribution in [1.82, 2.24) is 4.98 Å². The molecule has 0 radical (unpaired) electrons. The molecule has 3 rings (SSSR count). The van der Waals surface area contributed by atoms with Crippen LogP contribution >= 0.6 is 11.3 Å². The van der Waals surface area contributed by atoms with Gasteiger partial charge < -0.3 is 8.92 Å². The molecule has 1 heterocycles. The maximum absolute atomic E-state index is 13.8. The molecule has 138 valence electrons. The minimum Gasteiger partial charge on any atom is -0.487 e. The Morgan fingerprint density at radius 2 is 1.88 bits per heavy atom. The smallest absolute Gasteiger partial charge is 0.311 e. The van der Waals surface area contributed by atoms with Crippen molar-refractivity contribution in [1.29, 1.82) is 0 Å². The summed E-state index contributed by atoms with van der Waals surface area (Å²) in [5, 5.41) is -0.176. The number of ether oxygens (including phenoxy) is 1. The van der Waals surface area contributed by atoms with Crippen molar-refractivity contribution >= 4 is 31.7 Å². The number of aromatic nitrogens is 1. The predicted octanol–water partition coefficient (Wildman–Crippen LogP) is 4.02. The van der Waals surface area contributed by atoms with E-state index in [1.54, 1.807) is 0 Å². The Hall–Kier alpha value is -2.33. The van der Waals surface area contributed by atoms with Crippen molar-refractivity contribution in [3.05, 3.63) is 53.3 Å². The third-order valence-corrected chi connectivity index (χ3v) is 5.54. The van der Waals surface area contributed by atoms with Crippen molar-refractivity contribution < 1.29 is 30.5 Å². The molecule has 0 atom stereocenters. The summed E-state index contributed by atoms with van der Waals surface area (Å²) in [4.78, 5) is 3.92. The van der Waals surface area contributed by atoms with E-state index < -0.39 is 27.6 Å². The molecular formula is C16H12F3NO4S2. The number of thiazole rings is 1. The third-order valence-electron chi connectivity index (χ3n) is 3.35. The molecule has 0 fully saturated rings. The molecule has 0 amide bonds. The van der Waals surface area contributed by atoms with Gasteiger partial charge in [0, 0.05) is 23.8 Å². The fourth-order valence-corrected chi connectivity index (χ4v) is 3.62. The SMILES string of the molecule is CCS(=O)(=O)Oc1nc2cc(F)cc(OCc3ccc(F)cc3F)c2s1. The van der Waals surface area contributed by atoms with E-state index in [1.165, 1.54) is 13.0 Å². The van der Waals surface area contributed by atoms with Crippen molar-refractivity contribution in [3.63, 3.8) is 0 Å². The second kappa shape index (κ2) is 7.12. The van der Waals surface area contributed by atoms with Crippen LogP contribution in [0.5, 0.6) is 10.9 Å². The van der Waals surface area contributed by atoms with Crippen LogP contribution in [0.25, 0.3) is 10.2 Å². The van der Waals surface area contributed by atoms with Crippen LogP contribution in [-0.2, 0) is 16.7 Å². The van der Waals surface area contributed by atoms with Gasteiger partial charge in [0.1, 0.15) is 34.5 Å². The molecule has 0 spiro atoms. The molecule has 5 nitrogen and oxygen atoms in total. The van der Waals surface area contributed by atoms with E-state index in [9.17, 15) is 21.6 Å². The summed E-state index contributed by atoms with van der Waals surface area (Å²) in [7, 11) is -3.78. The number of halogens is 3. The van der Waals surface area contributed by atoms with Crippen LogP contribution in [0.15, 0.2) is 30.3 Å². The lowest BCUT2D eigenvalue weighted by Gasteiger charge is -2.08. The molecule has 2 aromatic carbocycles. The monoisotopic (exact) mass is 403 g/mol. The molecular weight excluding hydrogens is 391 g/mol. The normalized spacial score (nSPS) is 11.7. The van der Waals surface area contributed by atoms with E-state index in [-0.39, 0.29) is 34.4 Å². The van der Waals surface area contributed by atoms with Crippen molar-refractivity contribution in [2.45, 2.75) is 13.5 Å². The first-order valence-corrected chi connectivity index (χ1v) is 9.76.